The maximum Gasteiger partial charge on any atom is 0.408 e. The van der Waals surface area contributed by atoms with Crippen LogP contribution in [0.15, 0.2) is 24.3 Å². The molecule has 1 aromatic rings. The first kappa shape index (κ1) is 15.8. The topological polar surface area (TPSA) is 64.3 Å². The first-order chi connectivity index (χ1) is 8.75. The highest BCUT2D eigenvalue weighted by Gasteiger charge is 2.33. The molecule has 1 atom stereocenters. The third-order valence-electron chi connectivity index (χ3n) is 2.73. The van der Waals surface area contributed by atoms with Crippen LogP contribution in [0.1, 0.15) is 26.3 Å². The van der Waals surface area contributed by atoms with E-state index >= 15 is 0 Å². The molecular formula is C14H17IN2O2. The Balaban J connectivity index is 2.97. The van der Waals surface area contributed by atoms with Gasteiger partial charge in [0, 0.05) is 15.5 Å². The van der Waals surface area contributed by atoms with Gasteiger partial charge >= 0.3 is 6.09 Å². The van der Waals surface area contributed by atoms with Gasteiger partial charge in [-0.25, -0.2) is 4.79 Å². The van der Waals surface area contributed by atoms with E-state index in [4.69, 9.17) is 0 Å². The van der Waals surface area contributed by atoms with Gasteiger partial charge in [0.1, 0.15) is 6.04 Å². The second kappa shape index (κ2) is 6.24. The highest BCUT2D eigenvalue weighted by Crippen LogP contribution is 2.20. The van der Waals surface area contributed by atoms with Gasteiger partial charge in [0.15, 0.2) is 0 Å². The van der Waals surface area contributed by atoms with Gasteiger partial charge in [-0.1, -0.05) is 12.1 Å². The van der Waals surface area contributed by atoms with Crippen LogP contribution in [0.25, 0.3) is 0 Å². The van der Waals surface area contributed by atoms with Crippen molar-refractivity contribution < 1.29 is 9.90 Å². The van der Waals surface area contributed by atoms with Crippen molar-refractivity contribution >= 4 is 28.7 Å². The summed E-state index contributed by atoms with van der Waals surface area (Å²) in [5.41, 5.74) is 0.359. The van der Waals surface area contributed by atoms with E-state index in [1.807, 2.05) is 24.3 Å². The quantitative estimate of drug-likeness (QED) is 0.826. The van der Waals surface area contributed by atoms with Gasteiger partial charge in [-0.2, -0.15) is 5.26 Å². The normalized spacial score (nSPS) is 12.6. The molecule has 1 N–H and O–H groups in total. The van der Waals surface area contributed by atoms with Crippen LogP contribution in [0.4, 0.5) is 4.79 Å². The summed E-state index contributed by atoms with van der Waals surface area (Å²) >= 11 is 2.21. The summed E-state index contributed by atoms with van der Waals surface area (Å²) in [5, 5.41) is 18.6. The lowest BCUT2D eigenvalue weighted by Gasteiger charge is -2.36. The fourth-order valence-corrected chi connectivity index (χ4v) is 2.29. The van der Waals surface area contributed by atoms with E-state index in [-0.39, 0.29) is 0 Å². The molecule has 0 spiro atoms. The van der Waals surface area contributed by atoms with Crippen molar-refractivity contribution in [3.05, 3.63) is 33.4 Å². The molecule has 1 amide bonds. The molecule has 0 bridgehead atoms. The highest BCUT2D eigenvalue weighted by molar-refractivity contribution is 14.1. The molecule has 0 radical (unpaired) electrons. The number of carboxylic acid groups (broad SMARTS) is 1. The number of amides is 1. The SMILES string of the molecule is CC(C)(C)N(C(=O)O)[C@H](C#N)Cc1ccc(I)cc1. The fourth-order valence-electron chi connectivity index (χ4n) is 1.93. The molecule has 0 aliphatic heterocycles. The van der Waals surface area contributed by atoms with Crippen LogP contribution in [-0.4, -0.2) is 27.7 Å². The minimum Gasteiger partial charge on any atom is -0.465 e. The van der Waals surface area contributed by atoms with Crippen LogP contribution in [-0.2, 0) is 6.42 Å². The van der Waals surface area contributed by atoms with Crippen LogP contribution in [0.2, 0.25) is 0 Å². The van der Waals surface area contributed by atoms with Crippen molar-refractivity contribution in [2.45, 2.75) is 38.8 Å². The molecule has 1 aromatic carbocycles. The van der Waals surface area contributed by atoms with Crippen molar-refractivity contribution in [3.63, 3.8) is 0 Å². The van der Waals surface area contributed by atoms with Gasteiger partial charge < -0.3 is 5.11 Å². The molecule has 0 fully saturated rings. The fraction of sp³-hybridized carbons (Fsp3) is 0.429. The summed E-state index contributed by atoms with van der Waals surface area (Å²) in [6, 6.07) is 9.17. The highest BCUT2D eigenvalue weighted by atomic mass is 127. The molecule has 0 unspecified atom stereocenters. The van der Waals surface area contributed by atoms with E-state index < -0.39 is 17.7 Å². The van der Waals surface area contributed by atoms with E-state index in [1.165, 1.54) is 4.90 Å². The van der Waals surface area contributed by atoms with Crippen molar-refractivity contribution in [2.24, 2.45) is 0 Å². The number of carbonyl (C=O) groups is 1. The van der Waals surface area contributed by atoms with E-state index in [2.05, 4.69) is 28.7 Å². The third-order valence-corrected chi connectivity index (χ3v) is 3.45. The Morgan fingerprint density at radius 1 is 1.42 bits per heavy atom. The van der Waals surface area contributed by atoms with Crippen LogP contribution in [0.5, 0.6) is 0 Å². The number of halogens is 1. The lowest BCUT2D eigenvalue weighted by molar-refractivity contribution is 0.0851. The molecule has 19 heavy (non-hydrogen) atoms. The van der Waals surface area contributed by atoms with Crippen LogP contribution < -0.4 is 0 Å². The lowest BCUT2D eigenvalue weighted by Crippen LogP contribution is -2.51. The van der Waals surface area contributed by atoms with Crippen molar-refractivity contribution in [1.29, 1.82) is 5.26 Å². The molecule has 5 heteroatoms. The number of nitriles is 1. The largest absolute Gasteiger partial charge is 0.465 e. The average Bonchev–Trinajstić information content (AvgIpc) is 2.28. The zero-order valence-electron chi connectivity index (χ0n) is 11.2. The maximum absolute atomic E-state index is 11.4. The van der Waals surface area contributed by atoms with E-state index in [9.17, 15) is 15.2 Å². The van der Waals surface area contributed by atoms with E-state index in [1.54, 1.807) is 20.8 Å². The van der Waals surface area contributed by atoms with Gasteiger partial charge in [0.05, 0.1) is 6.07 Å². The molecule has 1 rings (SSSR count). The zero-order chi connectivity index (χ0) is 14.6. The second-order valence-corrected chi connectivity index (χ2v) is 6.54. The summed E-state index contributed by atoms with van der Waals surface area (Å²) in [5.74, 6) is 0. The minimum absolute atomic E-state index is 0.400. The number of hydrogen-bond acceptors (Lipinski definition) is 2. The van der Waals surface area contributed by atoms with E-state index in [0.29, 0.717) is 6.42 Å². The van der Waals surface area contributed by atoms with Gasteiger partial charge in [-0.05, 0) is 61.1 Å². The Labute approximate surface area is 127 Å². The molecule has 0 saturated heterocycles. The average molecular weight is 372 g/mol. The summed E-state index contributed by atoms with van der Waals surface area (Å²) < 4.78 is 1.11. The maximum atomic E-state index is 11.4. The molecule has 0 aliphatic rings. The molecule has 102 valence electrons. The number of rotatable bonds is 3. The lowest BCUT2D eigenvalue weighted by atomic mass is 9.99. The van der Waals surface area contributed by atoms with Crippen LogP contribution >= 0.6 is 22.6 Å². The van der Waals surface area contributed by atoms with Crippen molar-refractivity contribution in [2.75, 3.05) is 0 Å². The smallest absolute Gasteiger partial charge is 0.408 e. The summed E-state index contributed by atoms with van der Waals surface area (Å²) in [6.45, 7) is 5.37. The molecule has 0 aliphatic carbocycles. The summed E-state index contributed by atoms with van der Waals surface area (Å²) in [6.07, 6.45) is -0.665. The number of benzene rings is 1. The Morgan fingerprint density at radius 3 is 2.32 bits per heavy atom. The number of hydrogen-bond donors (Lipinski definition) is 1. The summed E-state index contributed by atoms with van der Waals surface area (Å²) in [7, 11) is 0. The zero-order valence-corrected chi connectivity index (χ0v) is 13.4. The van der Waals surface area contributed by atoms with Gasteiger partial charge in [-0.15, -0.1) is 0 Å². The Bertz CT molecular complexity index is 486. The Kier molecular flexibility index (Phi) is 5.18. The van der Waals surface area contributed by atoms with E-state index in [0.717, 1.165) is 9.13 Å². The summed E-state index contributed by atoms with van der Waals surface area (Å²) in [4.78, 5) is 12.6. The van der Waals surface area contributed by atoms with Gasteiger partial charge in [-0.3, -0.25) is 4.90 Å². The minimum atomic E-state index is -1.07. The predicted molar refractivity (Wildman–Crippen MR) is 81.9 cm³/mol. The van der Waals surface area contributed by atoms with Crippen molar-refractivity contribution in [1.82, 2.24) is 4.90 Å². The monoisotopic (exact) mass is 372 g/mol. The van der Waals surface area contributed by atoms with Gasteiger partial charge in [0.2, 0.25) is 0 Å². The first-order valence-electron chi connectivity index (χ1n) is 5.92. The van der Waals surface area contributed by atoms with Gasteiger partial charge in [0.25, 0.3) is 0 Å². The third kappa shape index (κ3) is 4.39. The van der Waals surface area contributed by atoms with Crippen LogP contribution in [0, 0.1) is 14.9 Å². The first-order valence-corrected chi connectivity index (χ1v) is 7.00. The standard InChI is InChI=1S/C14H17IN2O2/c1-14(2,3)17(13(18)19)12(9-16)8-10-4-6-11(15)7-5-10/h4-7,12H,8H2,1-3H3,(H,18,19)/t12-/m0/s1. The molecule has 4 nitrogen and oxygen atoms in total. The molecule has 0 heterocycles. The van der Waals surface area contributed by atoms with Crippen LogP contribution in [0.3, 0.4) is 0 Å². The predicted octanol–water partition coefficient (Wildman–Crippen LogP) is 3.50. The van der Waals surface area contributed by atoms with Crippen molar-refractivity contribution in [3.8, 4) is 6.07 Å². The number of nitrogens with zero attached hydrogens (tertiary/aromatic N) is 2. The second-order valence-electron chi connectivity index (χ2n) is 5.30. The Morgan fingerprint density at radius 2 is 1.95 bits per heavy atom. The molecule has 0 saturated carbocycles. The molecule has 0 aromatic heterocycles. The molecular weight excluding hydrogens is 355 g/mol. The Hall–Kier alpha value is -1.29.